The molecule has 5 heteroatoms. The summed E-state index contributed by atoms with van der Waals surface area (Å²) in [5, 5.41) is 7.76. The molecule has 1 heterocycles. The van der Waals surface area contributed by atoms with Gasteiger partial charge in [0.1, 0.15) is 0 Å². The third-order valence-corrected chi connectivity index (χ3v) is 6.16. The predicted octanol–water partition coefficient (Wildman–Crippen LogP) is 7.30. The largest absolute Gasteiger partial charge is 0.219 e. The minimum Gasteiger partial charge on any atom is -0.219 e. The SMILES string of the molecule is CC(=Nn1c(-c2cccc(Cl)c2)csc1=Nc1cc(C)ccc1C)c1ccc(C)cc1. The number of nitrogens with zero attached hydrogens (tertiary/aromatic N) is 3. The van der Waals surface area contributed by atoms with E-state index in [4.69, 9.17) is 21.7 Å². The van der Waals surface area contributed by atoms with Gasteiger partial charge in [-0.3, -0.25) is 0 Å². The quantitative estimate of drug-likeness (QED) is 0.295. The molecule has 0 radical (unpaired) electrons. The van der Waals surface area contributed by atoms with Gasteiger partial charge in [-0.15, -0.1) is 11.3 Å². The molecule has 3 aromatic carbocycles. The fourth-order valence-corrected chi connectivity index (χ4v) is 4.30. The minimum absolute atomic E-state index is 0.697. The Bertz CT molecular complexity index is 1330. The Kier molecular flexibility index (Phi) is 6.21. The number of halogens is 1. The van der Waals surface area contributed by atoms with Gasteiger partial charge >= 0.3 is 0 Å². The average molecular weight is 446 g/mol. The molecule has 4 rings (SSSR count). The lowest BCUT2D eigenvalue weighted by Gasteiger charge is -2.08. The molecule has 1 aromatic heterocycles. The van der Waals surface area contributed by atoms with E-state index in [0.717, 1.165) is 38.6 Å². The van der Waals surface area contributed by atoms with Gasteiger partial charge in [-0.1, -0.05) is 65.7 Å². The normalized spacial score (nSPS) is 12.4. The third-order valence-electron chi connectivity index (χ3n) is 5.11. The highest BCUT2D eigenvalue weighted by atomic mass is 35.5. The van der Waals surface area contributed by atoms with E-state index in [9.17, 15) is 0 Å². The van der Waals surface area contributed by atoms with Crippen LogP contribution in [0.1, 0.15) is 29.2 Å². The van der Waals surface area contributed by atoms with E-state index >= 15 is 0 Å². The number of rotatable bonds is 4. The maximum absolute atomic E-state index is 6.27. The van der Waals surface area contributed by atoms with E-state index in [1.54, 1.807) is 11.3 Å². The number of aryl methyl sites for hydroxylation is 3. The van der Waals surface area contributed by atoms with Gasteiger partial charge in [-0.2, -0.15) is 5.10 Å². The minimum atomic E-state index is 0.697. The lowest BCUT2D eigenvalue weighted by Crippen LogP contribution is -2.14. The summed E-state index contributed by atoms with van der Waals surface area (Å²) < 4.78 is 1.92. The Morgan fingerprint density at radius 2 is 1.65 bits per heavy atom. The molecule has 0 amide bonds. The van der Waals surface area contributed by atoms with Crippen LogP contribution in [0.15, 0.2) is 82.2 Å². The van der Waals surface area contributed by atoms with Crippen LogP contribution in [0.3, 0.4) is 0 Å². The van der Waals surface area contributed by atoms with E-state index in [2.05, 4.69) is 68.6 Å². The van der Waals surface area contributed by atoms with Crippen LogP contribution in [0.4, 0.5) is 5.69 Å². The van der Waals surface area contributed by atoms with Crippen molar-refractivity contribution in [1.82, 2.24) is 4.68 Å². The highest BCUT2D eigenvalue weighted by molar-refractivity contribution is 7.07. The second kappa shape index (κ2) is 9.04. The second-order valence-electron chi connectivity index (χ2n) is 7.68. The summed E-state index contributed by atoms with van der Waals surface area (Å²) >= 11 is 7.85. The first kappa shape index (κ1) is 21.3. The van der Waals surface area contributed by atoms with Crippen molar-refractivity contribution in [2.24, 2.45) is 10.1 Å². The molecule has 4 aromatic rings. The van der Waals surface area contributed by atoms with Crippen LogP contribution in [0.2, 0.25) is 5.02 Å². The molecule has 3 nitrogen and oxygen atoms in total. The van der Waals surface area contributed by atoms with Gasteiger partial charge in [0.05, 0.1) is 17.1 Å². The lowest BCUT2D eigenvalue weighted by molar-refractivity contribution is 0.847. The van der Waals surface area contributed by atoms with E-state index in [-0.39, 0.29) is 0 Å². The Hall–Kier alpha value is -2.95. The van der Waals surface area contributed by atoms with Crippen LogP contribution < -0.4 is 4.80 Å². The summed E-state index contributed by atoms with van der Waals surface area (Å²) in [5.74, 6) is 0. The molecule has 0 aliphatic rings. The second-order valence-corrected chi connectivity index (χ2v) is 8.95. The van der Waals surface area contributed by atoms with Crippen molar-refractivity contribution in [3.05, 3.63) is 104 Å². The fraction of sp³-hybridized carbons (Fsp3) is 0.154. The van der Waals surface area contributed by atoms with Crippen molar-refractivity contribution in [3.8, 4) is 11.3 Å². The molecule has 0 saturated carbocycles. The van der Waals surface area contributed by atoms with Crippen LogP contribution in [-0.2, 0) is 0 Å². The van der Waals surface area contributed by atoms with Crippen molar-refractivity contribution in [2.75, 3.05) is 0 Å². The highest BCUT2D eigenvalue weighted by Crippen LogP contribution is 2.25. The molecule has 0 saturated heterocycles. The monoisotopic (exact) mass is 445 g/mol. The maximum Gasteiger partial charge on any atom is 0.211 e. The average Bonchev–Trinajstić information content (AvgIpc) is 3.13. The molecular formula is C26H24ClN3S. The van der Waals surface area contributed by atoms with Gasteiger partial charge in [0, 0.05) is 16.0 Å². The van der Waals surface area contributed by atoms with E-state index in [1.165, 1.54) is 11.1 Å². The molecular weight excluding hydrogens is 422 g/mol. The summed E-state index contributed by atoms with van der Waals surface area (Å²) in [7, 11) is 0. The third kappa shape index (κ3) is 4.87. The van der Waals surface area contributed by atoms with Gasteiger partial charge in [0.2, 0.25) is 4.80 Å². The number of hydrogen-bond donors (Lipinski definition) is 0. The molecule has 0 unspecified atom stereocenters. The molecule has 156 valence electrons. The Morgan fingerprint density at radius 1 is 0.903 bits per heavy atom. The first-order valence-corrected chi connectivity index (χ1v) is 11.4. The molecule has 0 aliphatic heterocycles. The Balaban J connectivity index is 1.92. The molecule has 0 fully saturated rings. The summed E-state index contributed by atoms with van der Waals surface area (Å²) in [4.78, 5) is 5.79. The van der Waals surface area contributed by atoms with E-state index in [0.29, 0.717) is 5.02 Å². The summed E-state index contributed by atoms with van der Waals surface area (Å²) in [6.07, 6.45) is 0. The van der Waals surface area contributed by atoms with E-state index in [1.807, 2.05) is 35.9 Å². The van der Waals surface area contributed by atoms with Crippen molar-refractivity contribution in [2.45, 2.75) is 27.7 Å². The zero-order valence-electron chi connectivity index (χ0n) is 18.1. The molecule has 31 heavy (non-hydrogen) atoms. The van der Waals surface area contributed by atoms with Gasteiger partial charge < -0.3 is 0 Å². The molecule has 0 N–H and O–H groups in total. The van der Waals surface area contributed by atoms with Crippen molar-refractivity contribution in [1.29, 1.82) is 0 Å². The summed E-state index contributed by atoms with van der Waals surface area (Å²) in [5.41, 5.74) is 8.47. The number of hydrogen-bond acceptors (Lipinski definition) is 3. The smallest absolute Gasteiger partial charge is 0.211 e. The van der Waals surface area contributed by atoms with Gasteiger partial charge in [0.15, 0.2) is 0 Å². The zero-order valence-corrected chi connectivity index (χ0v) is 19.6. The van der Waals surface area contributed by atoms with Crippen LogP contribution in [-0.4, -0.2) is 10.4 Å². The van der Waals surface area contributed by atoms with Crippen LogP contribution in [0.25, 0.3) is 11.3 Å². The summed E-state index contributed by atoms with van der Waals surface area (Å²) in [6.45, 7) is 8.27. The highest BCUT2D eigenvalue weighted by Gasteiger charge is 2.10. The maximum atomic E-state index is 6.27. The molecule has 0 bridgehead atoms. The van der Waals surface area contributed by atoms with Gasteiger partial charge in [-0.05, 0) is 62.6 Å². The summed E-state index contributed by atoms with van der Waals surface area (Å²) in [6, 6.07) is 22.6. The van der Waals surface area contributed by atoms with Crippen LogP contribution >= 0.6 is 22.9 Å². The topological polar surface area (TPSA) is 29.6 Å². The number of thiazole rings is 1. The first-order chi connectivity index (χ1) is 14.9. The molecule has 0 aliphatic carbocycles. The zero-order chi connectivity index (χ0) is 22.0. The van der Waals surface area contributed by atoms with Crippen LogP contribution in [0, 0.1) is 20.8 Å². The van der Waals surface area contributed by atoms with Crippen molar-refractivity contribution in [3.63, 3.8) is 0 Å². The fourth-order valence-electron chi connectivity index (χ4n) is 3.27. The molecule has 0 atom stereocenters. The first-order valence-electron chi connectivity index (χ1n) is 10.1. The predicted molar refractivity (Wildman–Crippen MR) is 133 cm³/mol. The Morgan fingerprint density at radius 3 is 2.39 bits per heavy atom. The number of aromatic nitrogens is 1. The lowest BCUT2D eigenvalue weighted by atomic mass is 10.1. The Labute approximate surface area is 192 Å². The van der Waals surface area contributed by atoms with Crippen LogP contribution in [0.5, 0.6) is 0 Å². The standard InChI is InChI=1S/C26H24ClN3S/c1-17-9-12-21(13-10-17)20(4)29-30-25(22-6-5-7-23(27)15-22)16-31-26(30)28-24-14-18(2)8-11-19(24)3/h5-16H,1-4H3. The van der Waals surface area contributed by atoms with Crippen molar-refractivity contribution < 1.29 is 0 Å². The van der Waals surface area contributed by atoms with E-state index < -0.39 is 0 Å². The molecule has 0 spiro atoms. The van der Waals surface area contributed by atoms with Crippen molar-refractivity contribution >= 4 is 34.3 Å². The number of benzene rings is 3. The van der Waals surface area contributed by atoms with Gasteiger partial charge in [-0.25, -0.2) is 9.67 Å². The van der Waals surface area contributed by atoms with Gasteiger partial charge in [0.25, 0.3) is 0 Å².